The van der Waals surface area contributed by atoms with Gasteiger partial charge in [-0.3, -0.25) is 5.41 Å². The number of rotatable bonds is 1. The van der Waals surface area contributed by atoms with Crippen LogP contribution in [0.25, 0.3) is 0 Å². The van der Waals surface area contributed by atoms with Crippen molar-refractivity contribution >= 4 is 5.97 Å². The van der Waals surface area contributed by atoms with E-state index in [2.05, 4.69) is 4.74 Å². The zero-order chi connectivity index (χ0) is 9.14. The minimum absolute atomic E-state index is 0.0301. The lowest BCUT2D eigenvalue weighted by Gasteiger charge is -2.00. The smallest absolute Gasteiger partial charge is 0.341 e. The average molecular weight is 168 g/mol. The highest BCUT2D eigenvalue weighted by atomic mass is 16.5. The van der Waals surface area contributed by atoms with Gasteiger partial charge in [-0.1, -0.05) is 0 Å². The number of aromatic nitrogens is 1. The molecule has 0 spiro atoms. The number of carbonyl (C=O) groups excluding carboxylic acids is 1. The molecule has 0 atom stereocenters. The SMILES string of the molecule is COC(=O)c1cccn(O)c1=N. The Kier molecular flexibility index (Phi) is 2.14. The molecule has 0 saturated carbocycles. The van der Waals surface area contributed by atoms with Gasteiger partial charge in [0.25, 0.3) is 0 Å². The predicted octanol–water partition coefficient (Wildman–Crippen LogP) is -0.00853. The summed E-state index contributed by atoms with van der Waals surface area (Å²) in [5.74, 6) is -0.636. The fourth-order valence-corrected chi connectivity index (χ4v) is 0.772. The molecule has 64 valence electrons. The van der Waals surface area contributed by atoms with Crippen LogP contribution < -0.4 is 5.49 Å². The highest BCUT2D eigenvalue weighted by Crippen LogP contribution is 1.92. The minimum Gasteiger partial charge on any atom is -0.465 e. The summed E-state index contributed by atoms with van der Waals surface area (Å²) in [4.78, 5) is 10.9. The van der Waals surface area contributed by atoms with Crippen molar-refractivity contribution in [3.63, 3.8) is 0 Å². The first-order valence-corrected chi connectivity index (χ1v) is 3.20. The predicted molar refractivity (Wildman–Crippen MR) is 38.8 cm³/mol. The van der Waals surface area contributed by atoms with E-state index in [-0.39, 0.29) is 11.1 Å². The molecule has 1 heterocycles. The van der Waals surface area contributed by atoms with Crippen molar-refractivity contribution in [3.05, 3.63) is 29.4 Å². The molecule has 2 N–H and O–H groups in total. The molecule has 0 amide bonds. The van der Waals surface area contributed by atoms with E-state index in [9.17, 15) is 4.79 Å². The molecule has 0 saturated heterocycles. The molecule has 0 aliphatic rings. The summed E-state index contributed by atoms with van der Waals surface area (Å²) in [5.41, 5.74) is -0.258. The van der Waals surface area contributed by atoms with E-state index in [0.29, 0.717) is 4.73 Å². The Hall–Kier alpha value is -1.78. The van der Waals surface area contributed by atoms with Crippen LogP contribution >= 0.6 is 0 Å². The Morgan fingerprint density at radius 3 is 3.00 bits per heavy atom. The van der Waals surface area contributed by atoms with Gasteiger partial charge in [-0.2, -0.15) is 4.73 Å². The maximum Gasteiger partial charge on any atom is 0.341 e. The lowest BCUT2D eigenvalue weighted by molar-refractivity contribution is 0.0590. The monoisotopic (exact) mass is 168 g/mol. The Balaban J connectivity index is 3.26. The summed E-state index contributed by atoms with van der Waals surface area (Å²) in [6.07, 6.45) is 1.26. The van der Waals surface area contributed by atoms with Crippen molar-refractivity contribution in [2.24, 2.45) is 0 Å². The lowest BCUT2D eigenvalue weighted by atomic mass is 10.3. The molecule has 0 aromatic carbocycles. The van der Waals surface area contributed by atoms with Gasteiger partial charge < -0.3 is 9.94 Å². The normalized spacial score (nSPS) is 9.42. The summed E-state index contributed by atoms with van der Waals surface area (Å²) in [6.45, 7) is 0. The van der Waals surface area contributed by atoms with Crippen molar-refractivity contribution in [1.29, 1.82) is 5.41 Å². The zero-order valence-corrected chi connectivity index (χ0v) is 6.44. The molecule has 1 aromatic heterocycles. The van der Waals surface area contributed by atoms with E-state index in [4.69, 9.17) is 10.6 Å². The second-order valence-electron chi connectivity index (χ2n) is 2.11. The largest absolute Gasteiger partial charge is 0.465 e. The first kappa shape index (κ1) is 8.32. The van der Waals surface area contributed by atoms with Crippen molar-refractivity contribution in [1.82, 2.24) is 4.73 Å². The van der Waals surface area contributed by atoms with Gasteiger partial charge in [-0.15, -0.1) is 0 Å². The van der Waals surface area contributed by atoms with E-state index in [0.717, 1.165) is 0 Å². The summed E-state index contributed by atoms with van der Waals surface area (Å²) in [7, 11) is 1.22. The van der Waals surface area contributed by atoms with Gasteiger partial charge in [-0.25, -0.2) is 4.79 Å². The molecular formula is C7H8N2O3. The van der Waals surface area contributed by atoms with Gasteiger partial charge >= 0.3 is 5.97 Å². The highest BCUT2D eigenvalue weighted by Gasteiger charge is 2.08. The molecule has 1 aromatic rings. The Morgan fingerprint density at radius 2 is 2.42 bits per heavy atom. The van der Waals surface area contributed by atoms with Crippen LogP contribution in [0.15, 0.2) is 18.3 Å². The average Bonchev–Trinajstić information content (AvgIpc) is 2.08. The molecule has 0 radical (unpaired) electrons. The third kappa shape index (κ3) is 1.29. The van der Waals surface area contributed by atoms with Crippen LogP contribution in [-0.2, 0) is 4.74 Å². The van der Waals surface area contributed by atoms with Gasteiger partial charge in [0, 0.05) is 6.20 Å². The molecule has 0 aliphatic heterocycles. The summed E-state index contributed by atoms with van der Waals surface area (Å²) < 4.78 is 4.94. The van der Waals surface area contributed by atoms with Crippen LogP contribution in [0.4, 0.5) is 0 Å². The van der Waals surface area contributed by atoms with Gasteiger partial charge in [-0.05, 0) is 12.1 Å². The molecular weight excluding hydrogens is 160 g/mol. The summed E-state index contributed by atoms with van der Waals surface area (Å²) in [5, 5.41) is 16.2. The molecule has 0 fully saturated rings. The first-order chi connectivity index (χ1) is 5.66. The second-order valence-corrected chi connectivity index (χ2v) is 2.11. The molecule has 1 rings (SSSR count). The van der Waals surface area contributed by atoms with Crippen molar-refractivity contribution in [3.8, 4) is 0 Å². The number of carbonyl (C=O) groups is 1. The first-order valence-electron chi connectivity index (χ1n) is 3.20. The van der Waals surface area contributed by atoms with Crippen molar-refractivity contribution < 1.29 is 14.7 Å². The van der Waals surface area contributed by atoms with E-state index < -0.39 is 5.97 Å². The number of nitrogens with one attached hydrogen (secondary N) is 1. The molecule has 12 heavy (non-hydrogen) atoms. The summed E-state index contributed by atoms with van der Waals surface area (Å²) >= 11 is 0. The summed E-state index contributed by atoms with van der Waals surface area (Å²) in [6, 6.07) is 2.85. The lowest BCUT2D eigenvalue weighted by Crippen LogP contribution is -2.24. The van der Waals surface area contributed by atoms with Crippen LogP contribution in [0.1, 0.15) is 10.4 Å². The van der Waals surface area contributed by atoms with E-state index >= 15 is 0 Å². The van der Waals surface area contributed by atoms with Crippen LogP contribution in [0.3, 0.4) is 0 Å². The number of hydrogen-bond acceptors (Lipinski definition) is 4. The Labute approximate surface area is 68.3 Å². The zero-order valence-electron chi connectivity index (χ0n) is 6.44. The highest BCUT2D eigenvalue weighted by molar-refractivity contribution is 5.88. The van der Waals surface area contributed by atoms with E-state index in [1.807, 2.05) is 0 Å². The maximum absolute atomic E-state index is 10.9. The second kappa shape index (κ2) is 3.08. The van der Waals surface area contributed by atoms with Gasteiger partial charge in [0.05, 0.1) is 7.11 Å². The van der Waals surface area contributed by atoms with Crippen LogP contribution in [-0.4, -0.2) is 23.0 Å². The molecule has 0 unspecified atom stereocenters. The minimum atomic E-state index is -0.636. The fourth-order valence-electron chi connectivity index (χ4n) is 0.772. The van der Waals surface area contributed by atoms with Crippen LogP contribution in [0.5, 0.6) is 0 Å². The maximum atomic E-state index is 10.9. The standard InChI is InChI=1S/C7H8N2O3/c1-12-7(10)5-3-2-4-9(11)6(5)8/h2-4,8,11H,1H3. The Bertz CT molecular complexity index is 356. The number of ether oxygens (including phenoxy) is 1. The van der Waals surface area contributed by atoms with Crippen LogP contribution in [0, 0.1) is 5.41 Å². The van der Waals surface area contributed by atoms with Gasteiger partial charge in [0.15, 0.2) is 5.49 Å². The van der Waals surface area contributed by atoms with Gasteiger partial charge in [0.1, 0.15) is 5.56 Å². The fraction of sp³-hybridized carbons (Fsp3) is 0.143. The van der Waals surface area contributed by atoms with E-state index in [1.54, 1.807) is 0 Å². The quantitative estimate of drug-likeness (QED) is 0.457. The number of hydrogen-bond donors (Lipinski definition) is 2. The van der Waals surface area contributed by atoms with Crippen molar-refractivity contribution in [2.45, 2.75) is 0 Å². The Morgan fingerprint density at radius 1 is 1.75 bits per heavy atom. The van der Waals surface area contributed by atoms with Gasteiger partial charge in [0.2, 0.25) is 0 Å². The van der Waals surface area contributed by atoms with E-state index in [1.165, 1.54) is 25.4 Å². The number of pyridine rings is 1. The van der Waals surface area contributed by atoms with Crippen LogP contribution in [0.2, 0.25) is 0 Å². The third-order valence-electron chi connectivity index (χ3n) is 1.38. The number of esters is 1. The van der Waals surface area contributed by atoms with Crippen molar-refractivity contribution in [2.75, 3.05) is 7.11 Å². The molecule has 5 heteroatoms. The number of methoxy groups -OCH3 is 1. The molecule has 0 bridgehead atoms. The molecule has 5 nitrogen and oxygen atoms in total. The number of nitrogens with zero attached hydrogens (tertiary/aromatic N) is 1. The topological polar surface area (TPSA) is 75.3 Å². The third-order valence-corrected chi connectivity index (χ3v) is 1.38. The molecule has 0 aliphatic carbocycles.